The van der Waals surface area contributed by atoms with E-state index in [1.807, 2.05) is 0 Å². The van der Waals surface area contributed by atoms with Crippen molar-refractivity contribution in [2.45, 2.75) is 46.0 Å². The average molecular weight is 238 g/mol. The van der Waals surface area contributed by atoms with E-state index in [4.69, 9.17) is 4.74 Å². The van der Waals surface area contributed by atoms with Crippen LogP contribution < -0.4 is 0 Å². The Kier molecular flexibility index (Phi) is 5.39. The fourth-order valence-corrected chi connectivity index (χ4v) is 2.66. The van der Waals surface area contributed by atoms with Gasteiger partial charge in [0.15, 0.2) is 0 Å². The van der Waals surface area contributed by atoms with Gasteiger partial charge in [0, 0.05) is 12.0 Å². The monoisotopic (exact) mass is 238 g/mol. The van der Waals surface area contributed by atoms with Gasteiger partial charge in [-0.15, -0.1) is 0 Å². The molecule has 2 atom stereocenters. The number of ether oxygens (including phenoxy) is 1. The second kappa shape index (κ2) is 6.58. The van der Waals surface area contributed by atoms with Crippen LogP contribution in [0.25, 0.3) is 0 Å². The molecule has 0 unspecified atom stereocenters. The third-order valence-electron chi connectivity index (χ3n) is 3.44. The summed E-state index contributed by atoms with van der Waals surface area (Å²) in [6.07, 6.45) is 4.78. The fraction of sp³-hybridized carbons (Fsp3) is 0.714. The molecule has 0 aromatic carbocycles. The van der Waals surface area contributed by atoms with Crippen molar-refractivity contribution in [1.82, 2.24) is 0 Å². The van der Waals surface area contributed by atoms with Gasteiger partial charge in [-0.25, -0.2) is 4.79 Å². The van der Waals surface area contributed by atoms with Gasteiger partial charge in [-0.2, -0.15) is 0 Å². The molecule has 1 rings (SSSR count). The van der Waals surface area contributed by atoms with Crippen molar-refractivity contribution >= 4 is 11.8 Å². The second-order valence-corrected chi connectivity index (χ2v) is 4.80. The zero-order valence-corrected chi connectivity index (χ0v) is 10.8. The summed E-state index contributed by atoms with van der Waals surface area (Å²) in [7, 11) is 0. The molecular formula is C14H22O3. The quantitative estimate of drug-likeness (QED) is 0.546. The van der Waals surface area contributed by atoms with Crippen LogP contribution >= 0.6 is 0 Å². The van der Waals surface area contributed by atoms with Gasteiger partial charge in [0.05, 0.1) is 6.61 Å². The van der Waals surface area contributed by atoms with Crippen LogP contribution in [-0.4, -0.2) is 18.4 Å². The lowest BCUT2D eigenvalue weighted by molar-refractivity contribution is -0.139. The molecule has 0 radical (unpaired) electrons. The molecule has 3 nitrogen and oxygen atoms in total. The molecule has 1 saturated carbocycles. The highest BCUT2D eigenvalue weighted by atomic mass is 16.5. The third-order valence-corrected chi connectivity index (χ3v) is 3.44. The molecule has 0 aliphatic heterocycles. The maximum atomic E-state index is 11.7. The van der Waals surface area contributed by atoms with Crippen LogP contribution in [0.1, 0.15) is 46.0 Å². The lowest BCUT2D eigenvalue weighted by Crippen LogP contribution is -2.27. The second-order valence-electron chi connectivity index (χ2n) is 4.80. The Bertz CT molecular complexity index is 307. The maximum absolute atomic E-state index is 11.7. The first-order chi connectivity index (χ1) is 8.06. The zero-order chi connectivity index (χ0) is 12.8. The molecule has 0 heterocycles. The van der Waals surface area contributed by atoms with Gasteiger partial charge in [-0.1, -0.05) is 19.4 Å². The van der Waals surface area contributed by atoms with E-state index in [0.717, 1.165) is 25.7 Å². The van der Waals surface area contributed by atoms with Crippen molar-refractivity contribution in [3.8, 4) is 0 Å². The van der Waals surface area contributed by atoms with Gasteiger partial charge >= 0.3 is 5.97 Å². The summed E-state index contributed by atoms with van der Waals surface area (Å²) in [6, 6.07) is 0. The Morgan fingerprint density at radius 3 is 2.53 bits per heavy atom. The first-order valence-electron chi connectivity index (χ1n) is 6.41. The zero-order valence-electron chi connectivity index (χ0n) is 10.8. The molecule has 0 N–H and O–H groups in total. The molecule has 3 heteroatoms. The Morgan fingerprint density at radius 2 is 1.94 bits per heavy atom. The van der Waals surface area contributed by atoms with Crippen LogP contribution in [0.2, 0.25) is 0 Å². The number of ketones is 1. The van der Waals surface area contributed by atoms with Gasteiger partial charge in [0.1, 0.15) is 5.78 Å². The molecule has 0 aromatic rings. The van der Waals surface area contributed by atoms with Crippen LogP contribution in [0.3, 0.4) is 0 Å². The topological polar surface area (TPSA) is 43.4 Å². The van der Waals surface area contributed by atoms with Gasteiger partial charge < -0.3 is 9.53 Å². The van der Waals surface area contributed by atoms with Gasteiger partial charge in [0.2, 0.25) is 0 Å². The Morgan fingerprint density at radius 1 is 1.29 bits per heavy atom. The molecule has 17 heavy (non-hydrogen) atoms. The highest BCUT2D eigenvalue weighted by Gasteiger charge is 2.31. The Labute approximate surface area is 103 Å². The number of hydrogen-bond donors (Lipinski definition) is 0. The summed E-state index contributed by atoms with van der Waals surface area (Å²) in [6.45, 7) is 7.65. The Balaban J connectivity index is 2.66. The average Bonchev–Trinajstić information content (AvgIpc) is 2.28. The number of hydrogen-bond acceptors (Lipinski definition) is 3. The Hall–Kier alpha value is -1.12. The minimum absolute atomic E-state index is 0.131. The maximum Gasteiger partial charge on any atom is 0.333 e. The molecular weight excluding hydrogens is 216 g/mol. The van der Waals surface area contributed by atoms with Gasteiger partial charge in [-0.3, -0.25) is 0 Å². The van der Waals surface area contributed by atoms with Crippen molar-refractivity contribution in [3.63, 3.8) is 0 Å². The third kappa shape index (κ3) is 3.99. The van der Waals surface area contributed by atoms with E-state index in [-0.39, 0.29) is 23.6 Å². The van der Waals surface area contributed by atoms with Crippen molar-refractivity contribution < 1.29 is 14.3 Å². The highest BCUT2D eigenvalue weighted by Crippen LogP contribution is 2.37. The van der Waals surface area contributed by atoms with E-state index in [1.165, 1.54) is 0 Å². The SMILES string of the molecule is C=C(C(=O)OCC)[C@H]1CCCC[C@H]1CC(C)=O. The standard InChI is InChI=1S/C14H22O3/c1-4-17-14(16)11(3)13-8-6-5-7-12(13)9-10(2)15/h12-13H,3-9H2,1-2H3/t12-,13+/m0/s1. The number of rotatable bonds is 5. The van der Waals surface area contributed by atoms with E-state index in [2.05, 4.69) is 6.58 Å². The van der Waals surface area contributed by atoms with E-state index >= 15 is 0 Å². The fourth-order valence-electron chi connectivity index (χ4n) is 2.66. The van der Waals surface area contributed by atoms with Crippen LogP contribution in [0.15, 0.2) is 12.2 Å². The van der Waals surface area contributed by atoms with Crippen molar-refractivity contribution in [3.05, 3.63) is 12.2 Å². The van der Waals surface area contributed by atoms with E-state index in [1.54, 1.807) is 13.8 Å². The van der Waals surface area contributed by atoms with E-state index in [0.29, 0.717) is 18.6 Å². The van der Waals surface area contributed by atoms with E-state index < -0.39 is 0 Å². The summed E-state index contributed by atoms with van der Waals surface area (Å²) in [4.78, 5) is 22.9. The minimum Gasteiger partial charge on any atom is -0.463 e. The molecule has 0 bridgehead atoms. The van der Waals surface area contributed by atoms with Crippen molar-refractivity contribution in [2.75, 3.05) is 6.61 Å². The predicted molar refractivity (Wildman–Crippen MR) is 66.5 cm³/mol. The summed E-state index contributed by atoms with van der Waals surface area (Å²) >= 11 is 0. The predicted octanol–water partition coefficient (Wildman–Crippen LogP) is 2.89. The molecule has 0 aromatic heterocycles. The highest BCUT2D eigenvalue weighted by molar-refractivity contribution is 5.88. The van der Waals surface area contributed by atoms with Crippen LogP contribution in [0.5, 0.6) is 0 Å². The smallest absolute Gasteiger partial charge is 0.333 e. The first-order valence-corrected chi connectivity index (χ1v) is 6.41. The van der Waals surface area contributed by atoms with Crippen molar-refractivity contribution in [1.29, 1.82) is 0 Å². The van der Waals surface area contributed by atoms with Crippen LogP contribution in [0.4, 0.5) is 0 Å². The minimum atomic E-state index is -0.298. The molecule has 0 amide bonds. The molecule has 0 spiro atoms. The van der Waals surface area contributed by atoms with Crippen LogP contribution in [-0.2, 0) is 14.3 Å². The van der Waals surface area contributed by atoms with Crippen molar-refractivity contribution in [2.24, 2.45) is 11.8 Å². The molecule has 1 aliphatic carbocycles. The summed E-state index contributed by atoms with van der Waals surface area (Å²) in [5, 5.41) is 0. The lowest BCUT2D eigenvalue weighted by Gasteiger charge is -2.31. The number of Topliss-reactive ketones (excluding diaryl/α,β-unsaturated/α-hetero) is 1. The number of esters is 1. The molecule has 0 saturated heterocycles. The number of carbonyl (C=O) groups is 2. The molecule has 1 fully saturated rings. The number of carbonyl (C=O) groups excluding carboxylic acids is 2. The molecule has 96 valence electrons. The van der Waals surface area contributed by atoms with E-state index in [9.17, 15) is 9.59 Å². The largest absolute Gasteiger partial charge is 0.463 e. The summed E-state index contributed by atoms with van der Waals surface area (Å²) < 4.78 is 4.99. The lowest BCUT2D eigenvalue weighted by atomic mass is 9.73. The summed E-state index contributed by atoms with van der Waals surface area (Å²) in [5.74, 6) is 0.302. The van der Waals surface area contributed by atoms with Crippen LogP contribution in [0, 0.1) is 11.8 Å². The normalized spacial score (nSPS) is 24.1. The first kappa shape index (κ1) is 13.9. The summed E-state index contributed by atoms with van der Waals surface area (Å²) in [5.41, 5.74) is 0.554. The molecule has 1 aliphatic rings. The van der Waals surface area contributed by atoms with Gasteiger partial charge in [-0.05, 0) is 38.5 Å². The van der Waals surface area contributed by atoms with Gasteiger partial charge in [0.25, 0.3) is 0 Å².